The van der Waals surface area contributed by atoms with Gasteiger partial charge in [-0.25, -0.2) is 4.98 Å². The molecule has 2 unspecified atom stereocenters. The first-order valence-corrected chi connectivity index (χ1v) is 7.94. The van der Waals surface area contributed by atoms with Crippen LogP contribution in [0.2, 0.25) is 0 Å². The lowest BCUT2D eigenvalue weighted by Gasteiger charge is -2.13. The summed E-state index contributed by atoms with van der Waals surface area (Å²) in [6.07, 6.45) is 3.37. The molecule has 0 bridgehead atoms. The summed E-state index contributed by atoms with van der Waals surface area (Å²) in [5.41, 5.74) is 11.8. The molecule has 2 aliphatic rings. The van der Waals surface area contributed by atoms with Gasteiger partial charge in [-0.3, -0.25) is 4.79 Å². The number of nitrogens with zero attached hydrogens (tertiary/aromatic N) is 2. The first kappa shape index (κ1) is 13.6. The van der Waals surface area contributed by atoms with Crippen molar-refractivity contribution in [1.82, 2.24) is 10.3 Å². The van der Waals surface area contributed by atoms with Crippen molar-refractivity contribution in [2.24, 2.45) is 11.7 Å². The van der Waals surface area contributed by atoms with Crippen LogP contribution in [0.15, 0.2) is 0 Å². The second-order valence-corrected chi connectivity index (χ2v) is 6.78. The lowest BCUT2D eigenvalue weighted by Crippen LogP contribution is -2.33. The zero-order valence-electron chi connectivity index (χ0n) is 11.6. The van der Waals surface area contributed by atoms with Crippen LogP contribution in [-0.2, 0) is 0 Å². The third-order valence-corrected chi connectivity index (χ3v) is 5.16. The van der Waals surface area contributed by atoms with E-state index in [0.717, 1.165) is 24.6 Å². The highest BCUT2D eigenvalue weighted by molar-refractivity contribution is 7.18. The molecular weight excluding hydrogens is 274 g/mol. The van der Waals surface area contributed by atoms with Crippen LogP contribution < -0.4 is 21.7 Å². The van der Waals surface area contributed by atoms with Crippen LogP contribution in [0.1, 0.15) is 35.9 Å². The Kier molecular flexibility index (Phi) is 3.55. The maximum Gasteiger partial charge on any atom is 0.265 e. The average Bonchev–Trinajstić information content (AvgIpc) is 3.06. The zero-order valence-corrected chi connectivity index (χ0v) is 12.4. The average molecular weight is 295 g/mol. The van der Waals surface area contributed by atoms with E-state index in [2.05, 4.69) is 15.2 Å². The summed E-state index contributed by atoms with van der Waals surface area (Å²) < 4.78 is 0. The van der Waals surface area contributed by atoms with Gasteiger partial charge in [0.2, 0.25) is 0 Å². The van der Waals surface area contributed by atoms with Gasteiger partial charge < -0.3 is 21.7 Å². The summed E-state index contributed by atoms with van der Waals surface area (Å²) in [5, 5.41) is 3.83. The summed E-state index contributed by atoms with van der Waals surface area (Å²) in [7, 11) is 0. The minimum Gasteiger partial charge on any atom is -0.382 e. The number of nitrogen functional groups attached to an aromatic ring is 1. The molecule has 1 aliphatic carbocycles. The first-order chi connectivity index (χ1) is 9.54. The van der Waals surface area contributed by atoms with E-state index < -0.39 is 0 Å². The molecular formula is C13H21N5OS. The van der Waals surface area contributed by atoms with Crippen molar-refractivity contribution in [3.05, 3.63) is 4.88 Å². The van der Waals surface area contributed by atoms with Crippen LogP contribution in [0.4, 0.5) is 10.9 Å². The molecule has 3 rings (SSSR count). The first-order valence-electron chi connectivity index (χ1n) is 7.12. The summed E-state index contributed by atoms with van der Waals surface area (Å²) in [5.74, 6) is 0.851. The predicted octanol–water partition coefficient (Wildman–Crippen LogP) is 0.791. The lowest BCUT2D eigenvalue weighted by molar-refractivity contribution is 0.0940. The van der Waals surface area contributed by atoms with Crippen LogP contribution in [0.5, 0.6) is 0 Å². The van der Waals surface area contributed by atoms with Crippen molar-refractivity contribution in [2.45, 2.75) is 38.3 Å². The highest BCUT2D eigenvalue weighted by Crippen LogP contribution is 2.34. The lowest BCUT2D eigenvalue weighted by atomic mass is 10.2. The number of carbonyl (C=O) groups is 1. The standard InChI is InChI=1S/C13H21N5OS/c1-7(8-2-3-8)16-12(19)10-11(15)17-13(20-10)18-5-4-9(14)6-18/h7-9H,2-6,14-15H2,1H3,(H,16,19). The SMILES string of the molecule is CC(NC(=O)c1sc(N2CCC(N)C2)nc1N)C1CC1. The molecule has 1 saturated carbocycles. The molecule has 7 heteroatoms. The second-order valence-electron chi connectivity index (χ2n) is 5.81. The Morgan fingerprint density at radius 2 is 2.25 bits per heavy atom. The molecule has 0 spiro atoms. The van der Waals surface area contributed by atoms with Crippen molar-refractivity contribution >= 4 is 28.2 Å². The Morgan fingerprint density at radius 3 is 2.85 bits per heavy atom. The van der Waals surface area contributed by atoms with E-state index in [1.165, 1.54) is 24.2 Å². The largest absolute Gasteiger partial charge is 0.382 e. The third-order valence-electron chi connectivity index (χ3n) is 4.03. The number of anilines is 2. The van der Waals surface area contributed by atoms with E-state index in [1.807, 2.05) is 6.92 Å². The van der Waals surface area contributed by atoms with Gasteiger partial charge in [0.1, 0.15) is 10.7 Å². The van der Waals surface area contributed by atoms with Gasteiger partial charge >= 0.3 is 0 Å². The Labute approximate surface area is 122 Å². The zero-order chi connectivity index (χ0) is 14.3. The molecule has 6 nitrogen and oxygen atoms in total. The molecule has 2 atom stereocenters. The number of thiazole rings is 1. The van der Waals surface area contributed by atoms with Crippen LogP contribution in [0.25, 0.3) is 0 Å². The molecule has 0 aromatic carbocycles. The summed E-state index contributed by atoms with van der Waals surface area (Å²) in [6, 6.07) is 0.403. The number of nitrogens with one attached hydrogen (secondary N) is 1. The van der Waals surface area contributed by atoms with Crippen molar-refractivity contribution in [3.63, 3.8) is 0 Å². The number of carbonyl (C=O) groups excluding carboxylic acids is 1. The van der Waals surface area contributed by atoms with Gasteiger partial charge in [0.05, 0.1) is 0 Å². The smallest absolute Gasteiger partial charge is 0.265 e. The van der Waals surface area contributed by atoms with Crippen LogP contribution in [0, 0.1) is 5.92 Å². The van der Waals surface area contributed by atoms with E-state index in [1.54, 1.807) is 0 Å². The minimum atomic E-state index is -0.103. The van der Waals surface area contributed by atoms with Gasteiger partial charge in [-0.2, -0.15) is 0 Å². The normalized spacial score (nSPS) is 23.9. The molecule has 1 amide bonds. The molecule has 2 heterocycles. The topological polar surface area (TPSA) is 97.3 Å². The number of rotatable bonds is 4. The summed E-state index contributed by atoms with van der Waals surface area (Å²) >= 11 is 1.36. The summed E-state index contributed by atoms with van der Waals surface area (Å²) in [4.78, 5) is 19.2. The number of hydrogen-bond acceptors (Lipinski definition) is 6. The monoisotopic (exact) mass is 295 g/mol. The van der Waals surface area contributed by atoms with Crippen molar-refractivity contribution in [2.75, 3.05) is 23.7 Å². The van der Waals surface area contributed by atoms with Crippen molar-refractivity contribution in [1.29, 1.82) is 0 Å². The van der Waals surface area contributed by atoms with Crippen LogP contribution in [-0.4, -0.2) is 36.1 Å². The Hall–Kier alpha value is -1.34. The van der Waals surface area contributed by atoms with E-state index in [4.69, 9.17) is 11.5 Å². The fourth-order valence-corrected chi connectivity index (χ4v) is 3.49. The van der Waals surface area contributed by atoms with Gasteiger partial charge in [-0.1, -0.05) is 11.3 Å². The quantitative estimate of drug-likeness (QED) is 0.763. The molecule has 0 radical (unpaired) electrons. The minimum absolute atomic E-state index is 0.103. The highest BCUT2D eigenvalue weighted by atomic mass is 32.1. The van der Waals surface area contributed by atoms with E-state index in [9.17, 15) is 4.79 Å². The Balaban J connectivity index is 1.69. The van der Waals surface area contributed by atoms with Crippen molar-refractivity contribution in [3.8, 4) is 0 Å². The number of amides is 1. The maximum atomic E-state index is 12.2. The molecule has 1 aromatic heterocycles. The number of hydrogen-bond donors (Lipinski definition) is 3. The van der Waals surface area contributed by atoms with Gasteiger partial charge in [-0.15, -0.1) is 0 Å². The molecule has 1 aromatic rings. The molecule has 2 fully saturated rings. The molecule has 20 heavy (non-hydrogen) atoms. The van der Waals surface area contributed by atoms with E-state index >= 15 is 0 Å². The van der Waals surface area contributed by atoms with Crippen LogP contribution >= 0.6 is 11.3 Å². The number of nitrogens with two attached hydrogens (primary N) is 2. The molecule has 1 aliphatic heterocycles. The molecule has 1 saturated heterocycles. The fraction of sp³-hybridized carbons (Fsp3) is 0.692. The van der Waals surface area contributed by atoms with Crippen LogP contribution in [0.3, 0.4) is 0 Å². The third kappa shape index (κ3) is 2.73. The fourth-order valence-electron chi connectivity index (χ4n) is 2.57. The summed E-state index contributed by atoms with van der Waals surface area (Å²) in [6.45, 7) is 3.72. The van der Waals surface area contributed by atoms with Crippen molar-refractivity contribution < 1.29 is 4.79 Å². The highest BCUT2D eigenvalue weighted by Gasteiger charge is 2.30. The van der Waals surface area contributed by atoms with E-state index in [-0.39, 0.29) is 18.0 Å². The molecule has 110 valence electrons. The van der Waals surface area contributed by atoms with Gasteiger partial charge in [0, 0.05) is 25.2 Å². The Bertz CT molecular complexity index is 513. The second kappa shape index (κ2) is 5.21. The number of aromatic nitrogens is 1. The van der Waals surface area contributed by atoms with Gasteiger partial charge in [0.25, 0.3) is 5.91 Å². The molecule has 5 N–H and O–H groups in total. The van der Waals surface area contributed by atoms with E-state index in [0.29, 0.717) is 16.6 Å². The van der Waals surface area contributed by atoms with Gasteiger partial charge in [0.15, 0.2) is 5.13 Å². The Morgan fingerprint density at radius 1 is 1.50 bits per heavy atom. The maximum absolute atomic E-state index is 12.2. The predicted molar refractivity (Wildman–Crippen MR) is 81.0 cm³/mol. The van der Waals surface area contributed by atoms with Gasteiger partial charge in [-0.05, 0) is 32.1 Å².